The third kappa shape index (κ3) is 3.63. The molecule has 1 amide bonds. The minimum Gasteiger partial charge on any atom is -0.490 e. The maximum absolute atomic E-state index is 12.5. The lowest BCUT2D eigenvalue weighted by Crippen LogP contribution is -2.41. The van der Waals surface area contributed by atoms with Crippen molar-refractivity contribution in [3.8, 4) is 11.8 Å². The zero-order chi connectivity index (χ0) is 16.9. The maximum Gasteiger partial charge on any atom is 0.256 e. The van der Waals surface area contributed by atoms with E-state index in [-0.39, 0.29) is 12.0 Å². The highest BCUT2D eigenvalue weighted by atomic mass is 32.1. The smallest absolute Gasteiger partial charge is 0.256 e. The molecule has 1 saturated heterocycles. The first-order valence-electron chi connectivity index (χ1n) is 7.81. The van der Waals surface area contributed by atoms with Crippen molar-refractivity contribution in [1.82, 2.24) is 9.88 Å². The molecular formula is C18H17N3O2S. The summed E-state index contributed by atoms with van der Waals surface area (Å²) in [5, 5.41) is 8.81. The molecule has 122 valence electrons. The van der Waals surface area contributed by atoms with Gasteiger partial charge in [0.25, 0.3) is 5.91 Å². The molecule has 3 rings (SSSR count). The molecule has 1 fully saturated rings. The number of H-pyrrole nitrogens is 1. The van der Waals surface area contributed by atoms with Gasteiger partial charge in [-0.05, 0) is 36.4 Å². The van der Waals surface area contributed by atoms with Gasteiger partial charge in [0.15, 0.2) is 0 Å². The highest BCUT2D eigenvalue weighted by Crippen LogP contribution is 2.20. The van der Waals surface area contributed by atoms with Crippen LogP contribution in [-0.4, -0.2) is 35.0 Å². The van der Waals surface area contributed by atoms with Gasteiger partial charge in [0.1, 0.15) is 16.5 Å². The van der Waals surface area contributed by atoms with Crippen molar-refractivity contribution in [3.05, 3.63) is 58.4 Å². The Bertz CT molecular complexity index is 815. The fourth-order valence-electron chi connectivity index (χ4n) is 2.74. The summed E-state index contributed by atoms with van der Waals surface area (Å²) in [5.74, 6) is 0.720. The van der Waals surface area contributed by atoms with Crippen LogP contribution in [0.15, 0.2) is 42.6 Å². The van der Waals surface area contributed by atoms with E-state index in [0.29, 0.717) is 28.9 Å². The highest BCUT2D eigenvalue weighted by molar-refractivity contribution is 7.71. The number of rotatable bonds is 3. The Labute approximate surface area is 145 Å². The highest BCUT2D eigenvalue weighted by Gasteiger charge is 2.25. The first-order chi connectivity index (χ1) is 11.7. The summed E-state index contributed by atoms with van der Waals surface area (Å²) < 4.78 is 6.41. The number of carbonyl (C=O) groups is 1. The van der Waals surface area contributed by atoms with Crippen molar-refractivity contribution in [1.29, 1.82) is 5.26 Å². The van der Waals surface area contributed by atoms with Crippen LogP contribution in [0.3, 0.4) is 0 Å². The number of nitrogens with zero attached hydrogens (tertiary/aromatic N) is 2. The summed E-state index contributed by atoms with van der Waals surface area (Å²) in [5.41, 5.74) is 1.15. The molecule has 0 saturated carbocycles. The molecule has 0 aliphatic carbocycles. The average molecular weight is 339 g/mol. The monoisotopic (exact) mass is 339 g/mol. The summed E-state index contributed by atoms with van der Waals surface area (Å²) in [6.07, 6.45) is 3.34. The van der Waals surface area contributed by atoms with Crippen LogP contribution >= 0.6 is 12.2 Å². The number of nitriles is 1. The number of benzene rings is 1. The predicted molar refractivity (Wildman–Crippen MR) is 92.3 cm³/mol. The van der Waals surface area contributed by atoms with Gasteiger partial charge in [0.2, 0.25) is 0 Å². The number of amides is 1. The molecule has 0 bridgehead atoms. The van der Waals surface area contributed by atoms with Gasteiger partial charge in [-0.2, -0.15) is 5.26 Å². The number of ether oxygens (including phenoxy) is 1. The summed E-state index contributed by atoms with van der Waals surface area (Å²) >= 11 is 5.18. The Morgan fingerprint density at radius 3 is 2.58 bits per heavy atom. The lowest BCUT2D eigenvalue weighted by molar-refractivity contribution is 0.0594. The van der Waals surface area contributed by atoms with E-state index >= 15 is 0 Å². The summed E-state index contributed by atoms with van der Waals surface area (Å²) in [4.78, 5) is 17.2. The fraction of sp³-hybridized carbons (Fsp3) is 0.278. The van der Waals surface area contributed by atoms with Crippen molar-refractivity contribution in [3.63, 3.8) is 0 Å². The predicted octanol–water partition coefficient (Wildman–Crippen LogP) is 3.30. The molecule has 6 heteroatoms. The summed E-state index contributed by atoms with van der Waals surface area (Å²) in [6, 6.07) is 12.7. The molecule has 2 heterocycles. The van der Waals surface area contributed by atoms with Gasteiger partial charge in [-0.15, -0.1) is 0 Å². The Morgan fingerprint density at radius 1 is 1.25 bits per heavy atom. The number of hydrogen-bond donors (Lipinski definition) is 1. The largest absolute Gasteiger partial charge is 0.490 e. The first-order valence-corrected chi connectivity index (χ1v) is 8.22. The molecule has 1 aliphatic rings. The van der Waals surface area contributed by atoms with Crippen molar-refractivity contribution in [2.75, 3.05) is 13.1 Å². The Kier molecular flexibility index (Phi) is 4.92. The zero-order valence-corrected chi connectivity index (χ0v) is 13.9. The second-order valence-corrected chi connectivity index (χ2v) is 6.07. The van der Waals surface area contributed by atoms with Crippen LogP contribution in [0.25, 0.3) is 0 Å². The molecule has 0 spiro atoms. The number of likely N-dealkylation sites (tertiary alicyclic amines) is 1. The average Bonchev–Trinajstić information content (AvgIpc) is 2.63. The van der Waals surface area contributed by atoms with Crippen LogP contribution in [0.4, 0.5) is 0 Å². The van der Waals surface area contributed by atoms with Gasteiger partial charge >= 0.3 is 0 Å². The van der Waals surface area contributed by atoms with Crippen LogP contribution in [0.5, 0.6) is 5.75 Å². The number of aromatic nitrogens is 1. The van der Waals surface area contributed by atoms with Gasteiger partial charge in [-0.1, -0.05) is 12.2 Å². The van der Waals surface area contributed by atoms with E-state index in [0.717, 1.165) is 18.6 Å². The van der Waals surface area contributed by atoms with Crippen LogP contribution in [-0.2, 0) is 0 Å². The molecule has 1 aromatic carbocycles. The second kappa shape index (κ2) is 7.28. The molecule has 5 nitrogen and oxygen atoms in total. The topological polar surface area (TPSA) is 69.1 Å². The van der Waals surface area contributed by atoms with Crippen molar-refractivity contribution < 1.29 is 9.53 Å². The van der Waals surface area contributed by atoms with E-state index in [4.69, 9.17) is 22.2 Å². The quantitative estimate of drug-likeness (QED) is 0.871. The van der Waals surface area contributed by atoms with Crippen molar-refractivity contribution >= 4 is 18.1 Å². The van der Waals surface area contributed by atoms with Gasteiger partial charge in [0.05, 0.1) is 17.2 Å². The molecule has 0 atom stereocenters. The second-order valence-electron chi connectivity index (χ2n) is 5.66. The van der Waals surface area contributed by atoms with E-state index in [1.807, 2.05) is 4.90 Å². The minimum absolute atomic E-state index is 0.0336. The van der Waals surface area contributed by atoms with Crippen molar-refractivity contribution in [2.24, 2.45) is 0 Å². The van der Waals surface area contributed by atoms with Crippen LogP contribution in [0.1, 0.15) is 28.8 Å². The molecule has 1 aromatic heterocycles. The molecule has 0 radical (unpaired) electrons. The minimum atomic E-state index is -0.0336. The van der Waals surface area contributed by atoms with Gasteiger partial charge in [0, 0.05) is 32.1 Å². The number of pyridine rings is 1. The van der Waals surface area contributed by atoms with Gasteiger partial charge in [-0.3, -0.25) is 4.79 Å². The number of hydrogen-bond acceptors (Lipinski definition) is 4. The van der Waals surface area contributed by atoms with E-state index in [1.54, 1.807) is 42.6 Å². The first kappa shape index (κ1) is 16.2. The van der Waals surface area contributed by atoms with Crippen LogP contribution in [0, 0.1) is 16.0 Å². The number of aromatic amines is 1. The summed E-state index contributed by atoms with van der Waals surface area (Å²) in [7, 11) is 0. The van der Waals surface area contributed by atoms with Gasteiger partial charge in [-0.25, -0.2) is 0 Å². The molecule has 1 aliphatic heterocycles. The molecule has 2 aromatic rings. The molecule has 0 unspecified atom stereocenters. The standard InChI is InChI=1S/C18H17N3O2S/c19-12-13-3-5-14(6-4-13)23-15-7-10-21(11-8-15)18(22)16-2-1-9-20-17(16)24/h1-6,9,15H,7-8,10-11H2,(H,20,24). The van der Waals surface area contributed by atoms with Crippen LogP contribution < -0.4 is 4.74 Å². The molecular weight excluding hydrogens is 322 g/mol. The SMILES string of the molecule is N#Cc1ccc(OC2CCN(C(=O)c3ccc[nH]c3=S)CC2)cc1. The Morgan fingerprint density at radius 2 is 1.96 bits per heavy atom. The zero-order valence-electron chi connectivity index (χ0n) is 13.1. The molecule has 1 N–H and O–H groups in total. The Balaban J connectivity index is 1.57. The maximum atomic E-state index is 12.5. The van der Waals surface area contributed by atoms with Crippen LogP contribution in [0.2, 0.25) is 0 Å². The number of piperidine rings is 1. The summed E-state index contributed by atoms with van der Waals surface area (Å²) in [6.45, 7) is 1.28. The normalized spacial score (nSPS) is 14.9. The third-order valence-electron chi connectivity index (χ3n) is 4.06. The number of carbonyl (C=O) groups excluding carboxylic acids is 1. The van der Waals surface area contributed by atoms with Gasteiger partial charge < -0.3 is 14.6 Å². The van der Waals surface area contributed by atoms with E-state index < -0.39 is 0 Å². The lowest BCUT2D eigenvalue weighted by atomic mass is 10.1. The number of nitrogens with one attached hydrogen (secondary N) is 1. The van der Waals surface area contributed by atoms with E-state index in [2.05, 4.69) is 11.1 Å². The van der Waals surface area contributed by atoms with E-state index in [9.17, 15) is 4.79 Å². The Hall–Kier alpha value is -2.65. The fourth-order valence-corrected chi connectivity index (χ4v) is 2.96. The third-order valence-corrected chi connectivity index (χ3v) is 4.40. The van der Waals surface area contributed by atoms with Crippen molar-refractivity contribution in [2.45, 2.75) is 18.9 Å². The molecule has 24 heavy (non-hydrogen) atoms. The lowest BCUT2D eigenvalue weighted by Gasteiger charge is -2.32. The van der Waals surface area contributed by atoms with E-state index in [1.165, 1.54) is 0 Å².